The van der Waals surface area contributed by atoms with Crippen LogP contribution in [0.3, 0.4) is 0 Å². The number of ether oxygens (including phenoxy) is 1. The number of thioether (sulfide) groups is 1. The maximum Gasteiger partial charge on any atom is 0.262 e. The standard InChI is InChI=1S/C17H12FN5O3S/c18-11-2-1-3-12(7-11)23-17(20-21-22-23)27-9-14(24)10-4-5-15-13(6-10)19-16(25)8-26-15/h1-7H,8-9H2,(H,19,25). The number of ketones is 1. The van der Waals surface area contributed by atoms with Crippen LogP contribution in [0.1, 0.15) is 10.4 Å². The molecule has 0 saturated heterocycles. The molecule has 8 nitrogen and oxygen atoms in total. The largest absolute Gasteiger partial charge is 0.482 e. The van der Waals surface area contributed by atoms with Crippen LogP contribution in [-0.2, 0) is 4.79 Å². The minimum Gasteiger partial charge on any atom is -0.482 e. The van der Waals surface area contributed by atoms with E-state index in [2.05, 4.69) is 20.8 Å². The van der Waals surface area contributed by atoms with Gasteiger partial charge in [0, 0.05) is 5.56 Å². The van der Waals surface area contributed by atoms with Crippen molar-refractivity contribution in [3.05, 3.63) is 53.8 Å². The molecule has 1 aliphatic heterocycles. The highest BCUT2D eigenvalue weighted by Gasteiger charge is 2.19. The van der Waals surface area contributed by atoms with Crippen molar-refractivity contribution in [3.63, 3.8) is 0 Å². The molecule has 3 aromatic rings. The van der Waals surface area contributed by atoms with E-state index in [0.29, 0.717) is 27.8 Å². The van der Waals surface area contributed by atoms with Gasteiger partial charge in [0.1, 0.15) is 11.6 Å². The third kappa shape index (κ3) is 3.65. The number of fused-ring (bicyclic) bond motifs is 1. The Morgan fingerprint density at radius 3 is 3.04 bits per heavy atom. The lowest BCUT2D eigenvalue weighted by molar-refractivity contribution is -0.118. The number of hydrogen-bond acceptors (Lipinski definition) is 7. The zero-order valence-electron chi connectivity index (χ0n) is 13.8. The lowest BCUT2D eigenvalue weighted by atomic mass is 10.1. The Morgan fingerprint density at radius 1 is 1.30 bits per heavy atom. The van der Waals surface area contributed by atoms with E-state index in [1.54, 1.807) is 30.3 Å². The molecule has 0 aliphatic carbocycles. The first-order chi connectivity index (χ1) is 13.1. The first-order valence-electron chi connectivity index (χ1n) is 7.87. The van der Waals surface area contributed by atoms with Gasteiger partial charge in [0.25, 0.3) is 5.91 Å². The quantitative estimate of drug-likeness (QED) is 0.530. The van der Waals surface area contributed by atoms with Crippen LogP contribution in [0, 0.1) is 5.82 Å². The summed E-state index contributed by atoms with van der Waals surface area (Å²) in [4.78, 5) is 23.9. The maximum atomic E-state index is 13.4. The van der Waals surface area contributed by atoms with Crippen LogP contribution in [0.25, 0.3) is 5.69 Å². The number of amides is 1. The van der Waals surface area contributed by atoms with Crippen LogP contribution in [-0.4, -0.2) is 44.3 Å². The number of nitrogens with zero attached hydrogens (tertiary/aromatic N) is 4. The van der Waals surface area contributed by atoms with E-state index in [4.69, 9.17) is 4.74 Å². The molecule has 27 heavy (non-hydrogen) atoms. The monoisotopic (exact) mass is 385 g/mol. The van der Waals surface area contributed by atoms with Gasteiger partial charge in [0.2, 0.25) is 5.16 Å². The van der Waals surface area contributed by atoms with E-state index in [1.807, 2.05) is 0 Å². The Hall–Kier alpha value is -3.27. The van der Waals surface area contributed by atoms with Crippen molar-refractivity contribution < 1.29 is 18.7 Å². The highest BCUT2D eigenvalue weighted by molar-refractivity contribution is 7.99. The molecule has 10 heteroatoms. The summed E-state index contributed by atoms with van der Waals surface area (Å²) in [6, 6.07) is 10.7. The highest BCUT2D eigenvalue weighted by atomic mass is 32.2. The Balaban J connectivity index is 1.49. The minimum absolute atomic E-state index is 0.0428. The molecule has 2 heterocycles. The fraction of sp³-hybridized carbons (Fsp3) is 0.118. The van der Waals surface area contributed by atoms with Gasteiger partial charge in [-0.05, 0) is 46.8 Å². The summed E-state index contributed by atoms with van der Waals surface area (Å²) >= 11 is 1.13. The van der Waals surface area contributed by atoms with Gasteiger partial charge in [-0.3, -0.25) is 9.59 Å². The second-order valence-corrected chi connectivity index (χ2v) is 6.56. The van der Waals surface area contributed by atoms with Gasteiger partial charge in [0.15, 0.2) is 12.4 Å². The average Bonchev–Trinajstić information content (AvgIpc) is 3.14. The molecule has 1 amide bonds. The van der Waals surface area contributed by atoms with E-state index in [9.17, 15) is 14.0 Å². The van der Waals surface area contributed by atoms with Crippen LogP contribution in [0.4, 0.5) is 10.1 Å². The minimum atomic E-state index is -0.409. The van der Waals surface area contributed by atoms with Crippen LogP contribution < -0.4 is 10.1 Å². The fourth-order valence-electron chi connectivity index (χ4n) is 2.51. The number of rotatable bonds is 5. The molecule has 1 N–H and O–H groups in total. The molecular formula is C17H12FN5O3S. The van der Waals surface area contributed by atoms with Crippen LogP contribution in [0.5, 0.6) is 5.75 Å². The van der Waals surface area contributed by atoms with Crippen LogP contribution in [0.15, 0.2) is 47.6 Å². The van der Waals surface area contributed by atoms with Crippen molar-refractivity contribution in [2.24, 2.45) is 0 Å². The molecule has 136 valence electrons. The lowest BCUT2D eigenvalue weighted by Crippen LogP contribution is -2.25. The SMILES string of the molecule is O=C1COc2ccc(C(=O)CSc3nnnn3-c3cccc(F)c3)cc2N1. The Kier molecular flexibility index (Phi) is 4.55. The Morgan fingerprint density at radius 2 is 2.19 bits per heavy atom. The Labute approximate surface area is 156 Å². The molecule has 0 unspecified atom stereocenters. The summed E-state index contributed by atoms with van der Waals surface area (Å²) in [5.74, 6) is -0.252. The second-order valence-electron chi connectivity index (χ2n) is 5.61. The van der Waals surface area contributed by atoms with E-state index in [1.165, 1.54) is 16.8 Å². The number of aromatic nitrogens is 4. The molecule has 1 aromatic heterocycles. The smallest absolute Gasteiger partial charge is 0.262 e. The fourth-order valence-corrected chi connectivity index (χ4v) is 3.29. The topological polar surface area (TPSA) is 99.0 Å². The molecule has 0 spiro atoms. The number of carbonyl (C=O) groups excluding carboxylic acids is 2. The zero-order chi connectivity index (χ0) is 18.8. The van der Waals surface area contributed by atoms with Crippen LogP contribution >= 0.6 is 11.8 Å². The summed E-state index contributed by atoms with van der Waals surface area (Å²) < 4.78 is 20.0. The third-order valence-electron chi connectivity index (χ3n) is 3.76. The molecule has 1 aliphatic rings. The van der Waals surface area contributed by atoms with Gasteiger partial charge in [-0.2, -0.15) is 4.68 Å². The predicted molar refractivity (Wildman–Crippen MR) is 94.7 cm³/mol. The van der Waals surface area contributed by atoms with Gasteiger partial charge in [-0.15, -0.1) is 5.10 Å². The van der Waals surface area contributed by atoms with Gasteiger partial charge < -0.3 is 10.1 Å². The average molecular weight is 385 g/mol. The van der Waals surface area contributed by atoms with Gasteiger partial charge in [-0.25, -0.2) is 4.39 Å². The lowest BCUT2D eigenvalue weighted by Gasteiger charge is -2.18. The van der Waals surface area contributed by atoms with Crippen molar-refractivity contribution in [2.75, 3.05) is 17.7 Å². The number of hydrogen-bond donors (Lipinski definition) is 1. The van der Waals surface area contributed by atoms with Crippen molar-refractivity contribution in [1.82, 2.24) is 20.2 Å². The zero-order valence-corrected chi connectivity index (χ0v) is 14.6. The first-order valence-corrected chi connectivity index (χ1v) is 8.86. The molecule has 0 atom stereocenters. The van der Waals surface area contributed by atoms with Crippen molar-refractivity contribution in [3.8, 4) is 11.4 Å². The van der Waals surface area contributed by atoms with E-state index >= 15 is 0 Å². The van der Waals surface area contributed by atoms with Crippen molar-refractivity contribution >= 4 is 29.1 Å². The number of Topliss-reactive ketones (excluding diaryl/α,β-unsaturated/α-hetero) is 1. The van der Waals surface area contributed by atoms with E-state index in [0.717, 1.165) is 11.8 Å². The summed E-state index contributed by atoms with van der Waals surface area (Å²) in [7, 11) is 0. The van der Waals surface area contributed by atoms with E-state index < -0.39 is 5.82 Å². The highest BCUT2D eigenvalue weighted by Crippen LogP contribution is 2.29. The summed E-state index contributed by atoms with van der Waals surface area (Å²) in [6.45, 7) is -0.0428. The number of halogens is 1. The number of tetrazole rings is 1. The van der Waals surface area contributed by atoms with Crippen molar-refractivity contribution in [1.29, 1.82) is 0 Å². The number of carbonyl (C=O) groups is 2. The molecule has 0 fully saturated rings. The van der Waals surface area contributed by atoms with Crippen molar-refractivity contribution in [2.45, 2.75) is 5.16 Å². The van der Waals surface area contributed by atoms with Crippen LogP contribution in [0.2, 0.25) is 0 Å². The number of nitrogens with one attached hydrogen (secondary N) is 1. The third-order valence-corrected chi connectivity index (χ3v) is 4.68. The van der Waals surface area contributed by atoms with Gasteiger partial charge in [-0.1, -0.05) is 17.8 Å². The summed E-state index contributed by atoms with van der Waals surface area (Å²) in [5, 5.41) is 14.3. The normalized spacial score (nSPS) is 12.9. The molecule has 0 radical (unpaired) electrons. The predicted octanol–water partition coefficient (Wildman–Crippen LogP) is 2.11. The Bertz CT molecular complexity index is 1040. The number of anilines is 1. The molecular weight excluding hydrogens is 373 g/mol. The van der Waals surface area contributed by atoms with E-state index in [-0.39, 0.29) is 24.1 Å². The summed E-state index contributed by atoms with van der Waals surface area (Å²) in [6.07, 6.45) is 0. The molecule has 2 aromatic carbocycles. The summed E-state index contributed by atoms with van der Waals surface area (Å²) in [5.41, 5.74) is 1.35. The second kappa shape index (κ2) is 7.16. The molecule has 0 bridgehead atoms. The van der Waals surface area contributed by atoms with Gasteiger partial charge >= 0.3 is 0 Å². The molecule has 4 rings (SSSR count). The number of benzene rings is 2. The maximum absolute atomic E-state index is 13.4. The first kappa shape index (κ1) is 17.2. The molecule has 0 saturated carbocycles. The van der Waals surface area contributed by atoms with Gasteiger partial charge in [0.05, 0.1) is 17.1 Å².